The van der Waals surface area contributed by atoms with Gasteiger partial charge in [-0.25, -0.2) is 13.9 Å². The van der Waals surface area contributed by atoms with Gasteiger partial charge in [0, 0.05) is 17.4 Å². The molecule has 0 aliphatic carbocycles. The zero-order valence-electron chi connectivity index (χ0n) is 20.9. The molecule has 2 amide bonds. The number of aromatic nitrogens is 3. The molecule has 0 unspecified atom stereocenters. The van der Waals surface area contributed by atoms with Crippen molar-refractivity contribution < 1.29 is 9.18 Å². The third-order valence-electron chi connectivity index (χ3n) is 6.91. The van der Waals surface area contributed by atoms with Gasteiger partial charge >= 0.3 is 6.03 Å². The fourth-order valence-electron chi connectivity index (χ4n) is 5.02. The second-order valence-corrected chi connectivity index (χ2v) is 9.85. The number of amides is 2. The summed E-state index contributed by atoms with van der Waals surface area (Å²) in [7, 11) is 0. The number of anilines is 1. The van der Waals surface area contributed by atoms with E-state index in [0.29, 0.717) is 12.2 Å². The first-order chi connectivity index (χ1) is 18.4. The van der Waals surface area contributed by atoms with E-state index in [0.717, 1.165) is 39.6 Å². The number of fused-ring (bicyclic) bond motifs is 3. The summed E-state index contributed by atoms with van der Waals surface area (Å²) in [6.07, 6.45) is 2.01. The zero-order chi connectivity index (χ0) is 26.4. The number of urea groups is 1. The summed E-state index contributed by atoms with van der Waals surface area (Å²) in [4.78, 5) is 15.7. The molecule has 3 aromatic carbocycles. The Bertz CT molecular complexity index is 1640. The van der Waals surface area contributed by atoms with Crippen molar-refractivity contribution in [2.24, 2.45) is 0 Å². The van der Waals surface area contributed by atoms with Gasteiger partial charge in [0.15, 0.2) is 0 Å². The number of carbonyl (C=O) groups excluding carboxylic acids is 1. The van der Waals surface area contributed by atoms with E-state index in [1.165, 1.54) is 18.2 Å². The van der Waals surface area contributed by atoms with Gasteiger partial charge in [-0.05, 0) is 61.9 Å². The van der Waals surface area contributed by atoms with Gasteiger partial charge in [0.05, 0.1) is 34.7 Å². The van der Waals surface area contributed by atoms with Crippen molar-refractivity contribution >= 4 is 23.3 Å². The van der Waals surface area contributed by atoms with E-state index in [9.17, 15) is 9.18 Å². The second kappa shape index (κ2) is 9.50. The van der Waals surface area contributed by atoms with Crippen molar-refractivity contribution in [2.75, 3.05) is 5.32 Å². The fraction of sp³-hybridized carbons (Fsp3) is 0.133. The topological polar surface area (TPSA) is 55.1 Å². The molecule has 1 atom stereocenters. The molecule has 0 fully saturated rings. The Morgan fingerprint density at radius 1 is 1.00 bits per heavy atom. The quantitative estimate of drug-likeness (QED) is 0.270. The van der Waals surface area contributed by atoms with Crippen LogP contribution in [-0.2, 0) is 6.54 Å². The van der Waals surface area contributed by atoms with Gasteiger partial charge in [0.1, 0.15) is 11.6 Å². The van der Waals surface area contributed by atoms with Crippen LogP contribution in [0.25, 0.3) is 11.5 Å². The maximum atomic E-state index is 13.9. The van der Waals surface area contributed by atoms with E-state index in [1.54, 1.807) is 4.90 Å². The van der Waals surface area contributed by atoms with Gasteiger partial charge in [0.25, 0.3) is 0 Å². The minimum Gasteiger partial charge on any atom is -0.308 e. The van der Waals surface area contributed by atoms with Crippen LogP contribution in [-0.4, -0.2) is 25.3 Å². The van der Waals surface area contributed by atoms with E-state index in [1.807, 2.05) is 79.3 Å². The van der Waals surface area contributed by atoms with Crippen molar-refractivity contribution in [1.82, 2.24) is 19.2 Å². The van der Waals surface area contributed by atoms with Crippen molar-refractivity contribution in [3.8, 4) is 11.5 Å². The minimum atomic E-state index is -0.539. The molecule has 8 heteroatoms. The van der Waals surface area contributed by atoms with Crippen molar-refractivity contribution in [2.45, 2.75) is 26.4 Å². The monoisotopic (exact) mass is 525 g/mol. The van der Waals surface area contributed by atoms with Gasteiger partial charge in [-0.3, -0.25) is 0 Å². The lowest BCUT2D eigenvalue weighted by Gasteiger charge is -2.31. The van der Waals surface area contributed by atoms with Crippen LogP contribution in [0.3, 0.4) is 0 Å². The van der Waals surface area contributed by atoms with E-state index in [4.69, 9.17) is 16.7 Å². The van der Waals surface area contributed by atoms with E-state index in [-0.39, 0.29) is 11.1 Å². The average molecular weight is 526 g/mol. The standard InChI is InChI=1S/C30H25ClFN5O/c1-19-10-12-21(13-11-19)28-27-9-6-16-35(27)29-24(20(2)34-37(29)23-7-4-3-5-8-23)18-36(28)30(38)33-22-14-15-26(32)25(31)17-22/h3-17,28H,18H2,1-2H3,(H,33,38)/t28-/m0/s1. The number of benzene rings is 3. The summed E-state index contributed by atoms with van der Waals surface area (Å²) in [6, 6.07) is 25.6. The predicted molar refractivity (Wildman–Crippen MR) is 147 cm³/mol. The molecule has 1 N–H and O–H groups in total. The highest BCUT2D eigenvalue weighted by Gasteiger charge is 2.36. The maximum Gasteiger partial charge on any atom is 0.322 e. The summed E-state index contributed by atoms with van der Waals surface area (Å²) in [6.45, 7) is 4.31. The number of halogens is 2. The Morgan fingerprint density at radius 2 is 1.76 bits per heavy atom. The van der Waals surface area contributed by atoms with Gasteiger partial charge in [0.2, 0.25) is 0 Å². The molecule has 6 nitrogen and oxygen atoms in total. The Labute approximate surface area is 224 Å². The van der Waals surface area contributed by atoms with Gasteiger partial charge in [-0.15, -0.1) is 0 Å². The number of nitrogens with one attached hydrogen (secondary N) is 1. The number of nitrogens with zero attached hydrogens (tertiary/aromatic N) is 4. The Hall–Kier alpha value is -4.36. The SMILES string of the molecule is Cc1ccc([C@H]2c3cccn3-c3c(c(C)nn3-c3ccccc3)CN2C(=O)Nc2ccc(F)c(Cl)c2)cc1. The molecule has 2 aromatic heterocycles. The Morgan fingerprint density at radius 3 is 2.50 bits per heavy atom. The third kappa shape index (κ3) is 4.15. The van der Waals surface area contributed by atoms with Crippen LogP contribution in [0.2, 0.25) is 5.02 Å². The van der Waals surface area contributed by atoms with Gasteiger partial charge < -0.3 is 14.8 Å². The largest absolute Gasteiger partial charge is 0.322 e. The van der Waals surface area contributed by atoms with Crippen LogP contribution in [0.5, 0.6) is 0 Å². The van der Waals surface area contributed by atoms with Crippen LogP contribution >= 0.6 is 11.6 Å². The minimum absolute atomic E-state index is 0.0510. The average Bonchev–Trinajstić information content (AvgIpc) is 3.48. The lowest BCUT2D eigenvalue weighted by molar-refractivity contribution is 0.194. The Kier molecular flexibility index (Phi) is 6.00. The molecule has 1 aliphatic heterocycles. The molecular formula is C30H25ClFN5O. The summed E-state index contributed by atoms with van der Waals surface area (Å²) in [5.74, 6) is 0.356. The molecule has 0 bridgehead atoms. The molecule has 38 heavy (non-hydrogen) atoms. The molecular weight excluding hydrogens is 501 g/mol. The molecule has 190 valence electrons. The maximum absolute atomic E-state index is 13.9. The summed E-state index contributed by atoms with van der Waals surface area (Å²) in [5, 5.41) is 7.75. The van der Waals surface area contributed by atoms with Crippen molar-refractivity contribution in [1.29, 1.82) is 0 Å². The molecule has 0 spiro atoms. The number of hydrogen-bond acceptors (Lipinski definition) is 2. The molecule has 0 saturated carbocycles. The molecule has 0 saturated heterocycles. The summed E-state index contributed by atoms with van der Waals surface area (Å²) in [5.41, 5.74) is 6.15. The first-order valence-corrected chi connectivity index (χ1v) is 12.7. The normalized spacial score (nSPS) is 14.5. The number of aryl methyl sites for hydroxylation is 2. The first-order valence-electron chi connectivity index (χ1n) is 12.3. The number of carbonyl (C=O) groups is 1. The number of para-hydroxylation sites is 1. The molecule has 1 aliphatic rings. The van der Waals surface area contributed by atoms with E-state index < -0.39 is 11.9 Å². The van der Waals surface area contributed by atoms with Crippen LogP contribution in [0, 0.1) is 19.7 Å². The second-order valence-electron chi connectivity index (χ2n) is 9.44. The van der Waals surface area contributed by atoms with Gasteiger partial charge in [-0.2, -0.15) is 5.10 Å². The van der Waals surface area contributed by atoms with Gasteiger partial charge in [-0.1, -0.05) is 59.6 Å². The molecule has 0 radical (unpaired) electrons. The van der Waals surface area contributed by atoms with Crippen molar-refractivity contribution in [3.63, 3.8) is 0 Å². The van der Waals surface area contributed by atoms with Crippen LogP contribution < -0.4 is 5.32 Å². The molecule has 3 heterocycles. The van der Waals surface area contributed by atoms with E-state index in [2.05, 4.69) is 22.0 Å². The van der Waals surface area contributed by atoms with E-state index >= 15 is 0 Å². The highest BCUT2D eigenvalue weighted by atomic mass is 35.5. The highest BCUT2D eigenvalue weighted by Crippen LogP contribution is 2.39. The Balaban J connectivity index is 1.52. The van der Waals surface area contributed by atoms with Crippen LogP contribution in [0.1, 0.15) is 34.1 Å². The zero-order valence-corrected chi connectivity index (χ0v) is 21.7. The lowest BCUT2D eigenvalue weighted by atomic mass is 10.0. The molecule has 6 rings (SSSR count). The number of rotatable bonds is 3. The van der Waals surface area contributed by atoms with Crippen LogP contribution in [0.15, 0.2) is 91.1 Å². The summed E-state index contributed by atoms with van der Waals surface area (Å²) >= 11 is 6.00. The lowest BCUT2D eigenvalue weighted by Crippen LogP contribution is -2.38. The smallest absolute Gasteiger partial charge is 0.308 e. The van der Waals surface area contributed by atoms with Crippen LogP contribution in [0.4, 0.5) is 14.9 Å². The highest BCUT2D eigenvalue weighted by molar-refractivity contribution is 6.31. The van der Waals surface area contributed by atoms with Crippen molar-refractivity contribution in [3.05, 3.63) is 130 Å². The summed E-state index contributed by atoms with van der Waals surface area (Å²) < 4.78 is 17.8. The fourth-order valence-corrected chi connectivity index (χ4v) is 5.20. The number of hydrogen-bond donors (Lipinski definition) is 1. The predicted octanol–water partition coefficient (Wildman–Crippen LogP) is 7.21. The molecule has 5 aromatic rings. The third-order valence-corrected chi connectivity index (χ3v) is 7.20. The first kappa shape index (κ1) is 24.0.